The van der Waals surface area contributed by atoms with Crippen LogP contribution in [0, 0.1) is 0 Å². The Bertz CT molecular complexity index is 1000. The highest BCUT2D eigenvalue weighted by atomic mass is 32.1. The number of aromatic nitrogens is 1. The molecule has 9 nitrogen and oxygen atoms in total. The van der Waals surface area contributed by atoms with Gasteiger partial charge in [-0.3, -0.25) is 15.0 Å². The highest BCUT2D eigenvalue weighted by Gasteiger charge is 2.24. The second kappa shape index (κ2) is 10.8. The van der Waals surface area contributed by atoms with Gasteiger partial charge in [-0.1, -0.05) is 12.8 Å². The van der Waals surface area contributed by atoms with Gasteiger partial charge in [-0.15, -0.1) is 11.3 Å². The van der Waals surface area contributed by atoms with E-state index in [0.29, 0.717) is 29.5 Å². The number of carbonyl (C=O) groups excluding carboxylic acids is 3. The first-order valence-corrected chi connectivity index (χ1v) is 12.2. The first-order chi connectivity index (χ1) is 16.0. The molecule has 3 N–H and O–H groups in total. The summed E-state index contributed by atoms with van der Waals surface area (Å²) >= 11 is 1.46. The lowest BCUT2D eigenvalue weighted by Gasteiger charge is -2.25. The van der Waals surface area contributed by atoms with Crippen LogP contribution in [0.1, 0.15) is 53.5 Å². The van der Waals surface area contributed by atoms with Gasteiger partial charge < -0.3 is 15.4 Å². The van der Waals surface area contributed by atoms with Crippen LogP contribution < -0.4 is 16.0 Å². The smallest absolute Gasteiger partial charge is 0.338 e. The molecular weight excluding hydrogens is 442 g/mol. The Hall–Kier alpha value is -2.98. The number of hydrogen-bond acceptors (Lipinski definition) is 7. The van der Waals surface area contributed by atoms with Crippen LogP contribution in [0.2, 0.25) is 0 Å². The lowest BCUT2D eigenvalue weighted by atomic mass is 10.2. The summed E-state index contributed by atoms with van der Waals surface area (Å²) in [5, 5.41) is 9.34. The quantitative estimate of drug-likeness (QED) is 0.534. The predicted molar refractivity (Wildman–Crippen MR) is 127 cm³/mol. The van der Waals surface area contributed by atoms with E-state index in [2.05, 4.69) is 25.8 Å². The molecule has 1 saturated carbocycles. The fourth-order valence-corrected chi connectivity index (χ4v) is 5.18. The van der Waals surface area contributed by atoms with Gasteiger partial charge in [-0.25, -0.2) is 14.6 Å². The maximum absolute atomic E-state index is 12.5. The maximum atomic E-state index is 12.5. The van der Waals surface area contributed by atoms with Crippen molar-refractivity contribution in [3.63, 3.8) is 0 Å². The second-order valence-electron chi connectivity index (χ2n) is 8.28. The molecule has 33 heavy (non-hydrogen) atoms. The van der Waals surface area contributed by atoms with Crippen LogP contribution in [0.3, 0.4) is 0 Å². The number of hydrogen-bond donors (Lipinski definition) is 3. The molecule has 10 heteroatoms. The average molecular weight is 472 g/mol. The molecule has 0 radical (unpaired) electrons. The SMILES string of the molecule is CCOC(=O)c1ccc(NC(=O)CN2CCc3nc(NC(=O)NC4CCCC4)sc3C2)cc1. The Kier molecular flexibility index (Phi) is 7.56. The monoisotopic (exact) mass is 471 g/mol. The van der Waals surface area contributed by atoms with Gasteiger partial charge in [0.2, 0.25) is 5.91 Å². The molecule has 0 unspecified atom stereocenters. The molecule has 1 aromatic heterocycles. The number of ether oxygens (including phenoxy) is 1. The van der Waals surface area contributed by atoms with Gasteiger partial charge in [0.15, 0.2) is 5.13 Å². The normalized spacial score (nSPS) is 16.2. The fourth-order valence-electron chi connectivity index (χ4n) is 4.13. The number of carbonyl (C=O) groups is 3. The molecule has 1 fully saturated rings. The molecular formula is C23H29N5O4S. The number of rotatable bonds is 7. The first-order valence-electron chi connectivity index (χ1n) is 11.4. The van der Waals surface area contributed by atoms with E-state index in [-0.39, 0.29) is 30.5 Å². The lowest BCUT2D eigenvalue weighted by molar-refractivity contribution is -0.117. The van der Waals surface area contributed by atoms with E-state index in [1.807, 2.05) is 0 Å². The first kappa shape index (κ1) is 23.2. The van der Waals surface area contributed by atoms with Gasteiger partial charge in [0, 0.05) is 36.1 Å². The van der Waals surface area contributed by atoms with E-state index < -0.39 is 0 Å². The van der Waals surface area contributed by atoms with E-state index in [0.717, 1.165) is 36.4 Å². The molecule has 0 spiro atoms. The van der Waals surface area contributed by atoms with Crippen molar-refractivity contribution in [2.75, 3.05) is 30.3 Å². The minimum atomic E-state index is -0.381. The summed E-state index contributed by atoms with van der Waals surface area (Å²) in [6.45, 7) is 3.67. The second-order valence-corrected chi connectivity index (χ2v) is 9.36. The third-order valence-corrected chi connectivity index (χ3v) is 6.77. The number of fused-ring (bicyclic) bond motifs is 1. The molecule has 1 aromatic carbocycles. The van der Waals surface area contributed by atoms with Crippen LogP contribution in [-0.2, 0) is 22.5 Å². The molecule has 1 aliphatic heterocycles. The van der Waals surface area contributed by atoms with Crippen molar-refractivity contribution in [2.45, 2.75) is 51.6 Å². The number of urea groups is 1. The largest absolute Gasteiger partial charge is 0.462 e. The Morgan fingerprint density at radius 2 is 1.91 bits per heavy atom. The van der Waals surface area contributed by atoms with Crippen LogP contribution in [0.15, 0.2) is 24.3 Å². The number of nitrogens with one attached hydrogen (secondary N) is 3. The van der Waals surface area contributed by atoms with Crippen molar-refractivity contribution in [3.05, 3.63) is 40.4 Å². The number of esters is 1. The average Bonchev–Trinajstić information content (AvgIpc) is 3.43. The number of amides is 3. The van der Waals surface area contributed by atoms with E-state index >= 15 is 0 Å². The molecule has 2 heterocycles. The molecule has 176 valence electrons. The van der Waals surface area contributed by atoms with Crippen LogP contribution in [0.4, 0.5) is 15.6 Å². The summed E-state index contributed by atoms with van der Waals surface area (Å²) < 4.78 is 4.97. The summed E-state index contributed by atoms with van der Waals surface area (Å²) in [6, 6.07) is 6.71. The molecule has 2 aliphatic rings. The zero-order chi connectivity index (χ0) is 23.2. The Morgan fingerprint density at radius 3 is 2.64 bits per heavy atom. The minimum Gasteiger partial charge on any atom is -0.462 e. The van der Waals surface area contributed by atoms with E-state index in [1.165, 1.54) is 24.2 Å². The molecule has 0 saturated heterocycles. The Morgan fingerprint density at radius 1 is 1.15 bits per heavy atom. The van der Waals surface area contributed by atoms with Crippen molar-refractivity contribution in [1.82, 2.24) is 15.2 Å². The van der Waals surface area contributed by atoms with Crippen molar-refractivity contribution < 1.29 is 19.1 Å². The van der Waals surface area contributed by atoms with Gasteiger partial charge in [0.1, 0.15) is 0 Å². The van der Waals surface area contributed by atoms with Crippen LogP contribution in [-0.4, -0.2) is 53.5 Å². The molecule has 4 rings (SSSR count). The summed E-state index contributed by atoms with van der Waals surface area (Å²) in [4.78, 5) is 44.1. The molecule has 1 aliphatic carbocycles. The molecule has 0 bridgehead atoms. The van der Waals surface area contributed by atoms with E-state index in [4.69, 9.17) is 4.74 Å². The van der Waals surface area contributed by atoms with Crippen molar-refractivity contribution >= 4 is 40.1 Å². The van der Waals surface area contributed by atoms with Gasteiger partial charge >= 0.3 is 12.0 Å². The topological polar surface area (TPSA) is 113 Å². The van der Waals surface area contributed by atoms with E-state index in [1.54, 1.807) is 31.2 Å². The Balaban J connectivity index is 1.26. The van der Waals surface area contributed by atoms with Gasteiger partial charge in [-0.05, 0) is 44.0 Å². The van der Waals surface area contributed by atoms with Crippen LogP contribution >= 0.6 is 11.3 Å². The van der Waals surface area contributed by atoms with Gasteiger partial charge in [0.05, 0.1) is 24.4 Å². The lowest BCUT2D eigenvalue weighted by Crippen LogP contribution is -2.36. The molecule has 2 aromatic rings. The predicted octanol–water partition coefficient (Wildman–Crippen LogP) is 3.38. The fraction of sp³-hybridized carbons (Fsp3) is 0.478. The summed E-state index contributed by atoms with van der Waals surface area (Å²) in [5.74, 6) is -0.505. The number of nitrogens with zero attached hydrogens (tertiary/aromatic N) is 2. The number of benzene rings is 1. The zero-order valence-corrected chi connectivity index (χ0v) is 19.5. The minimum absolute atomic E-state index is 0.124. The van der Waals surface area contributed by atoms with Crippen molar-refractivity contribution in [2.24, 2.45) is 0 Å². The standard InChI is InChI=1S/C23H29N5O4S/c1-2-32-21(30)15-7-9-17(10-8-15)24-20(29)14-28-12-11-18-19(13-28)33-23(26-18)27-22(31)25-16-5-3-4-6-16/h7-10,16H,2-6,11-14H2,1H3,(H,24,29)(H2,25,26,27,31). The number of thiazole rings is 1. The zero-order valence-electron chi connectivity index (χ0n) is 18.7. The molecule has 3 amide bonds. The third kappa shape index (κ3) is 6.29. The van der Waals surface area contributed by atoms with Gasteiger partial charge in [0.25, 0.3) is 0 Å². The van der Waals surface area contributed by atoms with E-state index in [9.17, 15) is 14.4 Å². The van der Waals surface area contributed by atoms with Gasteiger partial charge in [-0.2, -0.15) is 0 Å². The maximum Gasteiger partial charge on any atom is 0.338 e. The van der Waals surface area contributed by atoms with Crippen molar-refractivity contribution in [1.29, 1.82) is 0 Å². The molecule has 0 atom stereocenters. The highest BCUT2D eigenvalue weighted by molar-refractivity contribution is 7.15. The van der Waals surface area contributed by atoms with Crippen LogP contribution in [0.5, 0.6) is 0 Å². The number of anilines is 2. The van der Waals surface area contributed by atoms with Crippen LogP contribution in [0.25, 0.3) is 0 Å². The summed E-state index contributed by atoms with van der Waals surface area (Å²) in [7, 11) is 0. The summed E-state index contributed by atoms with van der Waals surface area (Å²) in [6.07, 6.45) is 5.14. The third-order valence-electron chi connectivity index (χ3n) is 5.77. The van der Waals surface area contributed by atoms with Crippen molar-refractivity contribution in [3.8, 4) is 0 Å². The summed E-state index contributed by atoms with van der Waals surface area (Å²) in [5.41, 5.74) is 2.07. The highest BCUT2D eigenvalue weighted by Crippen LogP contribution is 2.28. The Labute approximate surface area is 196 Å².